The minimum absolute atomic E-state index is 0.273. The zero-order chi connectivity index (χ0) is 18.3. The van der Waals surface area contributed by atoms with E-state index in [-0.39, 0.29) is 17.9 Å². The Kier molecular flexibility index (Phi) is 4.36. The van der Waals surface area contributed by atoms with Crippen molar-refractivity contribution in [3.8, 4) is 0 Å². The van der Waals surface area contributed by atoms with Crippen LogP contribution in [0, 0.1) is 5.92 Å². The second-order valence-electron chi connectivity index (χ2n) is 7.11. The molecule has 6 heteroatoms. The quantitative estimate of drug-likeness (QED) is 0.629. The van der Waals surface area contributed by atoms with Crippen molar-refractivity contribution >= 4 is 39.9 Å². The smallest absolute Gasteiger partial charge is 0.280 e. The van der Waals surface area contributed by atoms with E-state index in [0.29, 0.717) is 27.5 Å². The molecule has 2 aromatic carbocycles. The van der Waals surface area contributed by atoms with Gasteiger partial charge in [-0.15, -0.1) is 0 Å². The number of benzene rings is 2. The molecule has 0 bridgehead atoms. The minimum atomic E-state index is -0.375. The third-order valence-corrected chi connectivity index (χ3v) is 5.62. The van der Waals surface area contributed by atoms with Gasteiger partial charge in [-0.1, -0.05) is 44.0 Å². The van der Waals surface area contributed by atoms with Crippen LogP contribution in [0.5, 0.6) is 0 Å². The maximum Gasteiger partial charge on any atom is 0.280 e. The Morgan fingerprint density at radius 3 is 2.27 bits per heavy atom. The first-order chi connectivity index (χ1) is 12.6. The number of carbonyl (C=O) groups is 2. The molecule has 1 fully saturated rings. The van der Waals surface area contributed by atoms with Gasteiger partial charge in [0.25, 0.3) is 11.8 Å². The molecule has 2 amide bonds. The fourth-order valence-corrected chi connectivity index (χ4v) is 4.21. The van der Waals surface area contributed by atoms with Crippen molar-refractivity contribution in [1.29, 1.82) is 0 Å². The molecule has 1 heterocycles. The largest absolute Gasteiger partial charge is 0.358 e. The van der Waals surface area contributed by atoms with Crippen LogP contribution in [0.15, 0.2) is 36.4 Å². The van der Waals surface area contributed by atoms with Crippen LogP contribution in [-0.2, 0) is 0 Å². The van der Waals surface area contributed by atoms with E-state index in [1.54, 1.807) is 12.1 Å². The van der Waals surface area contributed by atoms with Crippen molar-refractivity contribution in [2.75, 3.05) is 0 Å². The fraction of sp³-hybridized carbons (Fsp3) is 0.350. The highest BCUT2D eigenvalue weighted by Crippen LogP contribution is 2.29. The maximum absolute atomic E-state index is 12.9. The standard InChI is InChI=1S/C20H21N3O2S/c1-12-6-2-3-11-16(12)21-20(26)22-23-18(24)14-9-4-7-13-8-5-10-15(17(13)14)19(23)25/h4-5,7-10,12,16H,2-3,6,11H2,1H3,(H2,21,22,26)/t12-,16+/m0/s1. The first kappa shape index (κ1) is 17.0. The number of hydrazine groups is 1. The monoisotopic (exact) mass is 367 g/mol. The van der Waals surface area contributed by atoms with E-state index in [0.717, 1.165) is 23.2 Å². The number of imide groups is 1. The first-order valence-corrected chi connectivity index (χ1v) is 9.45. The van der Waals surface area contributed by atoms with Gasteiger partial charge in [0.2, 0.25) is 0 Å². The maximum atomic E-state index is 12.9. The summed E-state index contributed by atoms with van der Waals surface area (Å²) in [6.07, 6.45) is 4.62. The molecule has 0 aromatic heterocycles. The number of rotatable bonds is 2. The molecule has 1 saturated carbocycles. The number of nitrogens with zero attached hydrogens (tertiary/aromatic N) is 1. The lowest BCUT2D eigenvalue weighted by Crippen LogP contribution is -2.56. The van der Waals surface area contributed by atoms with Crippen molar-refractivity contribution < 1.29 is 9.59 Å². The molecule has 0 saturated heterocycles. The van der Waals surface area contributed by atoms with Gasteiger partial charge in [-0.05, 0) is 48.5 Å². The van der Waals surface area contributed by atoms with Crippen molar-refractivity contribution in [2.24, 2.45) is 5.92 Å². The third-order valence-electron chi connectivity index (χ3n) is 5.41. The van der Waals surface area contributed by atoms with E-state index >= 15 is 0 Å². The van der Waals surface area contributed by atoms with Crippen molar-refractivity contribution in [3.05, 3.63) is 47.5 Å². The van der Waals surface area contributed by atoms with Crippen molar-refractivity contribution in [2.45, 2.75) is 38.6 Å². The molecule has 2 aromatic rings. The molecule has 26 heavy (non-hydrogen) atoms. The van der Waals surface area contributed by atoms with Crippen LogP contribution in [0.3, 0.4) is 0 Å². The van der Waals surface area contributed by atoms with E-state index in [2.05, 4.69) is 17.7 Å². The average Bonchev–Trinajstić information content (AvgIpc) is 2.65. The molecule has 0 spiro atoms. The van der Waals surface area contributed by atoms with Gasteiger partial charge in [-0.2, -0.15) is 5.01 Å². The lowest BCUT2D eigenvalue weighted by Gasteiger charge is -2.33. The minimum Gasteiger partial charge on any atom is -0.358 e. The average molecular weight is 367 g/mol. The summed E-state index contributed by atoms with van der Waals surface area (Å²) in [5.41, 5.74) is 3.85. The van der Waals surface area contributed by atoms with Crippen LogP contribution in [0.4, 0.5) is 0 Å². The summed E-state index contributed by atoms with van der Waals surface area (Å²) in [4.78, 5) is 25.7. The van der Waals surface area contributed by atoms with Crippen LogP contribution >= 0.6 is 12.2 Å². The Balaban J connectivity index is 1.57. The van der Waals surface area contributed by atoms with Gasteiger partial charge < -0.3 is 5.32 Å². The number of hydrogen-bond donors (Lipinski definition) is 2. The van der Waals surface area contributed by atoms with E-state index in [9.17, 15) is 9.59 Å². The molecule has 4 rings (SSSR count). The zero-order valence-electron chi connectivity index (χ0n) is 14.6. The Hall–Kier alpha value is -2.47. The number of hydrogen-bond acceptors (Lipinski definition) is 3. The lowest BCUT2D eigenvalue weighted by atomic mass is 9.86. The summed E-state index contributed by atoms with van der Waals surface area (Å²) in [5, 5.41) is 6.22. The molecular weight excluding hydrogens is 346 g/mol. The predicted molar refractivity (Wildman–Crippen MR) is 105 cm³/mol. The summed E-state index contributed by atoms with van der Waals surface area (Å²) >= 11 is 5.39. The third kappa shape index (κ3) is 2.84. The van der Waals surface area contributed by atoms with Crippen molar-refractivity contribution in [1.82, 2.24) is 15.8 Å². The summed E-state index contributed by atoms with van der Waals surface area (Å²) in [7, 11) is 0. The molecule has 134 valence electrons. The number of nitrogens with one attached hydrogen (secondary N) is 2. The van der Waals surface area contributed by atoms with Crippen LogP contribution in [-0.4, -0.2) is 28.0 Å². The van der Waals surface area contributed by atoms with Gasteiger partial charge in [0.15, 0.2) is 5.11 Å². The Morgan fingerprint density at radius 1 is 1.04 bits per heavy atom. The zero-order valence-corrected chi connectivity index (χ0v) is 15.4. The summed E-state index contributed by atoms with van der Waals surface area (Å²) in [5.74, 6) is -0.231. The van der Waals surface area contributed by atoms with Gasteiger partial charge in [0.1, 0.15) is 0 Å². The molecule has 2 N–H and O–H groups in total. The Labute approximate surface area is 157 Å². The Bertz CT molecular complexity index is 860. The molecule has 1 aliphatic heterocycles. The summed E-state index contributed by atoms with van der Waals surface area (Å²) in [6, 6.07) is 11.2. The van der Waals surface area contributed by atoms with Crippen LogP contribution in [0.25, 0.3) is 10.8 Å². The molecule has 0 radical (unpaired) electrons. The highest BCUT2D eigenvalue weighted by molar-refractivity contribution is 7.80. The number of thiocarbonyl (C=S) groups is 1. The summed E-state index contributed by atoms with van der Waals surface area (Å²) < 4.78 is 0. The van der Waals surface area contributed by atoms with Gasteiger partial charge in [-0.3, -0.25) is 15.0 Å². The first-order valence-electron chi connectivity index (χ1n) is 9.04. The van der Waals surface area contributed by atoms with E-state index < -0.39 is 0 Å². The van der Waals surface area contributed by atoms with Crippen LogP contribution < -0.4 is 10.7 Å². The normalized spacial score (nSPS) is 22.4. The van der Waals surface area contributed by atoms with Crippen LogP contribution in [0.1, 0.15) is 53.3 Å². The van der Waals surface area contributed by atoms with E-state index in [1.807, 2.05) is 24.3 Å². The highest BCUT2D eigenvalue weighted by atomic mass is 32.1. The second-order valence-corrected chi connectivity index (χ2v) is 7.52. The van der Waals surface area contributed by atoms with Gasteiger partial charge >= 0.3 is 0 Å². The van der Waals surface area contributed by atoms with Gasteiger partial charge in [0, 0.05) is 11.4 Å². The number of carbonyl (C=O) groups excluding carboxylic acids is 2. The van der Waals surface area contributed by atoms with Gasteiger partial charge in [0.05, 0.1) is 11.1 Å². The predicted octanol–water partition coefficient (Wildman–Crippen LogP) is 3.39. The fourth-order valence-electron chi connectivity index (χ4n) is 3.97. The molecule has 2 atom stereocenters. The second kappa shape index (κ2) is 6.68. The molecule has 5 nitrogen and oxygen atoms in total. The Morgan fingerprint density at radius 2 is 1.65 bits per heavy atom. The van der Waals surface area contributed by atoms with E-state index in [4.69, 9.17) is 12.2 Å². The lowest BCUT2D eigenvalue weighted by molar-refractivity contribution is 0.0565. The number of amides is 2. The highest BCUT2D eigenvalue weighted by Gasteiger charge is 2.34. The van der Waals surface area contributed by atoms with E-state index in [1.165, 1.54) is 12.8 Å². The molecule has 1 aliphatic carbocycles. The topological polar surface area (TPSA) is 61.4 Å². The van der Waals surface area contributed by atoms with Crippen LogP contribution in [0.2, 0.25) is 0 Å². The van der Waals surface area contributed by atoms with Crippen molar-refractivity contribution in [3.63, 3.8) is 0 Å². The van der Waals surface area contributed by atoms with Gasteiger partial charge in [-0.25, -0.2) is 0 Å². The SMILES string of the molecule is C[C@H]1CCCC[C@H]1NC(=S)NN1C(=O)c2cccc3cccc(c23)C1=O. The summed E-state index contributed by atoms with van der Waals surface area (Å²) in [6.45, 7) is 2.20. The molecule has 0 unspecified atom stereocenters. The molecular formula is C20H21N3O2S. The molecule has 2 aliphatic rings.